The van der Waals surface area contributed by atoms with Crippen molar-refractivity contribution in [1.82, 2.24) is 21.3 Å². The molecule has 2 rings (SSSR count). The van der Waals surface area contributed by atoms with Crippen molar-refractivity contribution in [2.75, 3.05) is 35.5 Å². The van der Waals surface area contributed by atoms with Crippen molar-refractivity contribution >= 4 is 70.5 Å². The van der Waals surface area contributed by atoms with Crippen molar-refractivity contribution in [2.45, 2.75) is 205 Å². The summed E-state index contributed by atoms with van der Waals surface area (Å²) in [6.45, 7) is 35.2. The number of aldehydes is 1. The van der Waals surface area contributed by atoms with Crippen LogP contribution in [0.15, 0.2) is 72.4 Å². The van der Waals surface area contributed by atoms with Gasteiger partial charge in [-0.3, -0.25) is 15.2 Å². The number of carbonyl (C=O) groups excluding carboxylic acids is 8. The Hall–Kier alpha value is -5.41. The van der Waals surface area contributed by atoms with E-state index in [-0.39, 0.29) is 101 Å². The predicted molar refractivity (Wildman–Crippen MR) is 347 cm³/mol. The van der Waals surface area contributed by atoms with Crippen molar-refractivity contribution in [3.63, 3.8) is 0 Å². The fourth-order valence-electron chi connectivity index (χ4n) is 6.07. The molecule has 2 radical (unpaired) electrons. The molecule has 0 heterocycles. The fraction of sp³-hybridized carbons (Fsp3) is 0.635. The molecule has 2 aromatic rings. The number of ether oxygens (including phenoxy) is 7. The van der Waals surface area contributed by atoms with Crippen molar-refractivity contribution in [2.24, 2.45) is 21.7 Å². The summed E-state index contributed by atoms with van der Waals surface area (Å²) in [4.78, 5) is 103. The van der Waals surface area contributed by atoms with E-state index in [4.69, 9.17) is 39.2 Å². The van der Waals surface area contributed by atoms with E-state index < -0.39 is 84.9 Å². The average molecular weight is 1560 g/mol. The first kappa shape index (κ1) is 101. The number of carboxylic acids is 1. The second kappa shape index (κ2) is 50.9. The van der Waals surface area contributed by atoms with Gasteiger partial charge in [-0.15, -0.1) is 0 Å². The van der Waals surface area contributed by atoms with Gasteiger partial charge < -0.3 is 73.7 Å². The molecule has 0 aromatic heterocycles. The van der Waals surface area contributed by atoms with Crippen LogP contribution in [0.2, 0.25) is 0 Å². The van der Waals surface area contributed by atoms with E-state index in [0.717, 1.165) is 45.2 Å². The van der Waals surface area contributed by atoms with Gasteiger partial charge in [0.1, 0.15) is 48.5 Å². The summed E-state index contributed by atoms with van der Waals surface area (Å²) in [7, 11) is 5.70. The minimum atomic E-state index is -3.90. The molecule has 0 saturated heterocycles. The maximum absolute atomic E-state index is 12.2. The zero-order valence-corrected chi connectivity index (χ0v) is 64.6. The number of methoxy groups -OCH3 is 3. The second-order valence-electron chi connectivity index (χ2n) is 26.5. The Bertz CT molecular complexity index is 2530. The number of allylic oxidation sites excluding steroid dienone is 1. The van der Waals surface area contributed by atoms with Crippen LogP contribution in [0.4, 0.5) is 19.2 Å². The van der Waals surface area contributed by atoms with E-state index >= 15 is 0 Å². The zero-order valence-electron chi connectivity index (χ0n) is 60.5. The van der Waals surface area contributed by atoms with Gasteiger partial charge in [-0.25, -0.2) is 38.4 Å². The van der Waals surface area contributed by atoms with Gasteiger partial charge in [-0.05, 0) is 108 Å². The molecule has 4 amide bonds. The van der Waals surface area contributed by atoms with Crippen LogP contribution in [0, 0.1) is 52.8 Å². The summed E-state index contributed by atoms with van der Waals surface area (Å²) in [5.74, 6) is -4.67. The van der Waals surface area contributed by atoms with Gasteiger partial charge in [0.05, 0.1) is 21.3 Å². The average Bonchev–Trinajstić information content (AvgIpc) is 0.868. The van der Waals surface area contributed by atoms with Gasteiger partial charge in [-0.1, -0.05) is 150 Å². The monoisotopic (exact) mass is 1560 g/mol. The number of hydrogen-bond acceptors (Lipinski definition) is 20. The molecule has 0 fully saturated rings. The molecular formula is C63H109BLiN4O22PU. The molecule has 0 bridgehead atoms. The number of alkyl carbamates (subject to hydrolysis) is 4. The molecule has 30 heteroatoms. The minimum Gasteiger partial charge on any atom is -0.870 e. The number of esters is 3. The maximum atomic E-state index is 12.2. The Morgan fingerprint density at radius 2 is 0.914 bits per heavy atom. The Balaban J connectivity index is -0.000000165. The number of amides is 4. The van der Waals surface area contributed by atoms with Gasteiger partial charge in [0.25, 0.3) is 0 Å². The van der Waals surface area contributed by atoms with Gasteiger partial charge in [0.15, 0.2) is 0 Å². The molecule has 2 aromatic carbocycles. The molecule has 0 aliphatic rings. The number of aliphatic carboxylic acids is 1. The van der Waals surface area contributed by atoms with Gasteiger partial charge in [0, 0.05) is 60.1 Å². The van der Waals surface area contributed by atoms with E-state index in [9.17, 15) is 47.7 Å². The van der Waals surface area contributed by atoms with Gasteiger partial charge in [0.2, 0.25) is 5.78 Å². The summed E-state index contributed by atoms with van der Waals surface area (Å²) >= 11 is 0. The van der Waals surface area contributed by atoms with Crippen LogP contribution in [0.25, 0.3) is 0 Å². The SMILES string of the molecule is CC(C)(C)CC=O.CC(C)(C)CCC(NC(=O)OC(C)(C)C)C(=O)O.COC(=O)/C(=C/CC(C)(C)C)NC(=O)OCc1ccccc1.COC(=O)C(CCC(C)(C)C)NC(=O)OC(C)(C)C.COC(=O)C(NC(=O)OCc1ccccc1)P(=O)(OC)OC.O.[2H][B].[Li+].[OH-].[U]. The second-order valence-corrected chi connectivity index (χ2v) is 28.8. The Labute approximate surface area is 591 Å². The van der Waals surface area contributed by atoms with E-state index in [1.807, 2.05) is 98.7 Å². The molecule has 0 saturated carbocycles. The summed E-state index contributed by atoms with van der Waals surface area (Å²) in [6.07, 6.45) is 3.37. The molecule has 0 aliphatic carbocycles. The van der Waals surface area contributed by atoms with E-state index in [1.165, 1.54) is 14.2 Å². The summed E-state index contributed by atoms with van der Waals surface area (Å²) in [5, 5.41) is 18.6. The molecular weight excluding hydrogens is 1450 g/mol. The van der Waals surface area contributed by atoms with Gasteiger partial charge >= 0.3 is 74.7 Å². The van der Waals surface area contributed by atoms with E-state index in [1.54, 1.807) is 71.9 Å². The molecule has 526 valence electrons. The number of carboxylic acid groups (broad SMARTS) is 1. The molecule has 0 aliphatic heterocycles. The number of rotatable bonds is 21. The topological polar surface area (TPSA) is 384 Å². The van der Waals surface area contributed by atoms with Gasteiger partial charge in [-0.2, -0.15) is 0 Å². The van der Waals surface area contributed by atoms with Crippen LogP contribution < -0.4 is 40.1 Å². The van der Waals surface area contributed by atoms with Crippen LogP contribution in [0.3, 0.4) is 0 Å². The third kappa shape index (κ3) is 58.9. The van der Waals surface area contributed by atoms with Crippen molar-refractivity contribution in [3.8, 4) is 0 Å². The van der Waals surface area contributed by atoms with Crippen LogP contribution >= 0.6 is 7.60 Å². The van der Waals surface area contributed by atoms with E-state index in [2.05, 4.69) is 59.9 Å². The Morgan fingerprint density at radius 1 is 0.548 bits per heavy atom. The summed E-state index contributed by atoms with van der Waals surface area (Å²) in [6, 6.07) is 16.7. The third-order valence-corrected chi connectivity index (χ3v) is 12.7. The van der Waals surface area contributed by atoms with Crippen molar-refractivity contribution in [3.05, 3.63) is 83.6 Å². The molecule has 26 nitrogen and oxygen atoms in total. The summed E-state index contributed by atoms with van der Waals surface area (Å²) in [5.41, 5.74) is 0.800. The predicted octanol–water partition coefficient (Wildman–Crippen LogP) is 7.95. The largest absolute Gasteiger partial charge is 1.00 e. The van der Waals surface area contributed by atoms with Crippen LogP contribution in [0.1, 0.15) is 174 Å². The third-order valence-electron chi connectivity index (χ3n) is 10.7. The van der Waals surface area contributed by atoms with Crippen LogP contribution in [-0.2, 0) is 84.0 Å². The van der Waals surface area contributed by atoms with Crippen LogP contribution in [0.5, 0.6) is 0 Å². The molecule has 93 heavy (non-hydrogen) atoms. The first-order chi connectivity index (χ1) is 41.2. The number of hydrogen-bond donors (Lipinski definition) is 5. The molecule has 8 N–H and O–H groups in total. The standard InChI is InChI=1S/C17H23NO4.C14H27NO4.C13H18NO7P.C13H25NO4.C6H12O.BH.Li.2H2O.U/c1-17(2,3)11-10-14(15(19)21-4)18-16(20)22-12-13-8-6-5-7-9-13;1-13(2,3)9-8-10(11(16)18-7)15-12(17)19-14(4,5)6;1-18-12(15)11(22(17,19-2)20-3)14-13(16)21-9-10-7-5-4-6-8-10;1-12(2,3)8-7-9(10(15)16)14-11(17)18-13(4,5)6;1-6(2,3)4-5-7;;;;;/h5-10H,11-12H2,1-4H3,(H,18,20);10H,8-9H2,1-7H3,(H,15,17);4-8,11H,9H2,1-3H3,(H,14,16);9H,7-8H2,1-6H3,(H,14,17)(H,15,16);5H,4H2,1-3H3;1H;;2*1H2;/q;;;;;;+1;;;/p-1/b14-10-;;;;;;;;;/i;;;;;1D;;;;. The van der Waals surface area contributed by atoms with Crippen LogP contribution in [-0.4, -0.2) is 145 Å². The quantitative estimate of drug-likeness (QED) is 0.0197. The number of benzene rings is 2. The smallest absolute Gasteiger partial charge is 0.870 e. The molecule has 3 atom stereocenters. The normalized spacial score (nSPS) is 12.1. The zero-order chi connectivity index (χ0) is 70.9. The van der Waals surface area contributed by atoms with Crippen molar-refractivity contribution in [1.29, 1.82) is 1.34 Å². The number of nitrogens with one attached hydrogen (secondary N) is 4. The Morgan fingerprint density at radius 3 is 1.22 bits per heavy atom. The van der Waals surface area contributed by atoms with Crippen molar-refractivity contribution < 1.29 is 156 Å². The first-order valence-electron chi connectivity index (χ1n) is 29.0. The molecule has 3 unspecified atom stereocenters. The van der Waals surface area contributed by atoms with E-state index in [0.29, 0.717) is 32.1 Å². The first-order valence-corrected chi connectivity index (χ1v) is 30.1. The number of carbonyl (C=O) groups is 9. The fourth-order valence-corrected chi connectivity index (χ4v) is 7.26. The maximum Gasteiger partial charge on any atom is 1.00 e. The Kier molecular flexibility index (Phi) is 55.4. The molecule has 0 spiro atoms. The minimum absolute atomic E-state index is 0. The summed E-state index contributed by atoms with van der Waals surface area (Å²) < 4.78 is 60.9.